The summed E-state index contributed by atoms with van der Waals surface area (Å²) in [7, 11) is -4.04. The van der Waals surface area contributed by atoms with E-state index in [0.29, 0.717) is 49.7 Å². The van der Waals surface area contributed by atoms with Crippen molar-refractivity contribution in [3.8, 4) is 5.75 Å². The second-order valence-electron chi connectivity index (χ2n) is 9.62. The first-order valence-electron chi connectivity index (χ1n) is 13.4. The van der Waals surface area contributed by atoms with E-state index >= 15 is 0 Å². The predicted molar refractivity (Wildman–Crippen MR) is 154 cm³/mol. The fourth-order valence-electron chi connectivity index (χ4n) is 4.69. The molecule has 1 fully saturated rings. The molecule has 0 radical (unpaired) electrons. The van der Waals surface area contributed by atoms with Gasteiger partial charge in [-0.2, -0.15) is 0 Å². The molecule has 1 amide bonds. The first kappa shape index (κ1) is 29.1. The van der Waals surface area contributed by atoms with Gasteiger partial charge in [-0.1, -0.05) is 48.5 Å². The third-order valence-electron chi connectivity index (χ3n) is 6.66. The summed E-state index contributed by atoms with van der Waals surface area (Å²) in [5.74, 6) is -0.507. The average molecular weight is 566 g/mol. The van der Waals surface area contributed by atoms with Gasteiger partial charge < -0.3 is 19.7 Å². The molecule has 1 aliphatic rings. The first-order valence-corrected chi connectivity index (χ1v) is 14.9. The normalized spacial score (nSPS) is 16.1. The molecule has 0 unspecified atom stereocenters. The number of carbonyl (C=O) groups is 2. The number of sulfonamides is 1. The Labute approximate surface area is 235 Å². The largest absolute Gasteiger partial charge is 0.484 e. The molecule has 0 aromatic heterocycles. The number of anilines is 2. The summed E-state index contributed by atoms with van der Waals surface area (Å²) in [5.41, 5.74) is 1.59. The van der Waals surface area contributed by atoms with E-state index in [2.05, 4.69) is 10.0 Å². The molecule has 3 aromatic rings. The molecule has 0 bridgehead atoms. The van der Waals surface area contributed by atoms with Gasteiger partial charge in [-0.05, 0) is 62.6 Å². The van der Waals surface area contributed by atoms with Gasteiger partial charge in [0.15, 0.2) is 6.61 Å². The maximum atomic E-state index is 13.8. The van der Waals surface area contributed by atoms with Crippen LogP contribution in [0.3, 0.4) is 0 Å². The van der Waals surface area contributed by atoms with E-state index in [-0.39, 0.29) is 23.4 Å². The van der Waals surface area contributed by atoms with E-state index in [1.807, 2.05) is 41.3 Å². The molecule has 0 spiro atoms. The Morgan fingerprint density at radius 2 is 1.73 bits per heavy atom. The zero-order valence-corrected chi connectivity index (χ0v) is 23.5. The SMILES string of the molecule is CCOC(=O)[C@H]1CCCN(c2ccc(NC(=O)COc3ccccc3)cc2S(=O)(=O)N[C@@H](C)c2ccccc2)C1. The van der Waals surface area contributed by atoms with Crippen LogP contribution in [-0.2, 0) is 24.3 Å². The topological polar surface area (TPSA) is 114 Å². The van der Waals surface area contributed by atoms with Gasteiger partial charge in [-0.15, -0.1) is 0 Å². The Kier molecular flexibility index (Phi) is 9.79. The van der Waals surface area contributed by atoms with Crippen LogP contribution >= 0.6 is 0 Å². The van der Waals surface area contributed by atoms with Gasteiger partial charge in [0.2, 0.25) is 10.0 Å². The van der Waals surface area contributed by atoms with E-state index in [0.717, 1.165) is 5.56 Å². The monoisotopic (exact) mass is 565 g/mol. The van der Waals surface area contributed by atoms with Crippen molar-refractivity contribution >= 4 is 33.3 Å². The Hall–Kier alpha value is -3.89. The molecular formula is C30H35N3O6S. The van der Waals surface area contributed by atoms with Crippen LogP contribution in [0.2, 0.25) is 0 Å². The van der Waals surface area contributed by atoms with Gasteiger partial charge in [-0.25, -0.2) is 13.1 Å². The summed E-state index contributed by atoms with van der Waals surface area (Å²) in [6, 6.07) is 22.5. The zero-order chi connectivity index (χ0) is 28.5. The number of esters is 1. The van der Waals surface area contributed by atoms with Crippen LogP contribution in [0.5, 0.6) is 5.75 Å². The first-order chi connectivity index (χ1) is 19.3. The summed E-state index contributed by atoms with van der Waals surface area (Å²) in [6.45, 7) is 4.52. The maximum absolute atomic E-state index is 13.8. The lowest BCUT2D eigenvalue weighted by molar-refractivity contribution is -0.148. The lowest BCUT2D eigenvalue weighted by Gasteiger charge is -2.34. The molecule has 212 valence electrons. The van der Waals surface area contributed by atoms with E-state index in [1.165, 1.54) is 6.07 Å². The van der Waals surface area contributed by atoms with E-state index in [9.17, 15) is 18.0 Å². The molecule has 1 aliphatic heterocycles. The van der Waals surface area contributed by atoms with Crippen molar-refractivity contribution in [3.05, 3.63) is 84.4 Å². The minimum absolute atomic E-state index is 0.0153. The van der Waals surface area contributed by atoms with Crippen LogP contribution in [0, 0.1) is 5.92 Å². The lowest BCUT2D eigenvalue weighted by Crippen LogP contribution is -2.40. The molecule has 0 saturated carbocycles. The van der Waals surface area contributed by atoms with E-state index < -0.39 is 22.0 Å². The summed E-state index contributed by atoms with van der Waals surface area (Å²) < 4.78 is 41.1. The number of benzene rings is 3. The number of carbonyl (C=O) groups excluding carboxylic acids is 2. The third-order valence-corrected chi connectivity index (χ3v) is 8.23. The summed E-state index contributed by atoms with van der Waals surface area (Å²) in [4.78, 5) is 27.0. The van der Waals surface area contributed by atoms with Crippen LogP contribution in [-0.4, -0.2) is 46.6 Å². The minimum atomic E-state index is -4.04. The second-order valence-corrected chi connectivity index (χ2v) is 11.3. The van der Waals surface area contributed by atoms with Crippen LogP contribution in [0.15, 0.2) is 83.8 Å². The lowest BCUT2D eigenvalue weighted by atomic mass is 9.97. The van der Waals surface area contributed by atoms with Crippen molar-refractivity contribution in [1.82, 2.24) is 4.72 Å². The van der Waals surface area contributed by atoms with Crippen LogP contribution in [0.4, 0.5) is 11.4 Å². The molecule has 1 saturated heterocycles. The number of amides is 1. The Balaban J connectivity index is 1.60. The number of para-hydroxylation sites is 1. The van der Waals surface area contributed by atoms with Crippen molar-refractivity contribution in [1.29, 1.82) is 0 Å². The number of piperidine rings is 1. The van der Waals surface area contributed by atoms with Crippen LogP contribution in [0.25, 0.3) is 0 Å². The Morgan fingerprint density at radius 3 is 2.42 bits per heavy atom. The smallest absolute Gasteiger partial charge is 0.310 e. The quantitative estimate of drug-likeness (QED) is 0.329. The van der Waals surface area contributed by atoms with Crippen LogP contribution in [0.1, 0.15) is 38.3 Å². The van der Waals surface area contributed by atoms with Crippen molar-refractivity contribution < 1.29 is 27.5 Å². The van der Waals surface area contributed by atoms with Gasteiger partial charge >= 0.3 is 5.97 Å². The molecule has 2 atom stereocenters. The number of hydrogen-bond donors (Lipinski definition) is 2. The molecule has 0 aliphatic carbocycles. The van der Waals surface area contributed by atoms with Gasteiger partial charge in [0.1, 0.15) is 10.6 Å². The average Bonchev–Trinajstić information content (AvgIpc) is 2.97. The molecule has 4 rings (SSSR count). The number of nitrogens with zero attached hydrogens (tertiary/aromatic N) is 1. The summed E-state index contributed by atoms with van der Waals surface area (Å²) in [5, 5.41) is 2.73. The van der Waals surface area contributed by atoms with Crippen molar-refractivity contribution in [2.75, 3.05) is 36.5 Å². The summed E-state index contributed by atoms with van der Waals surface area (Å²) in [6.07, 6.45) is 1.39. The molecule has 3 aromatic carbocycles. The molecule has 2 N–H and O–H groups in total. The molecule has 40 heavy (non-hydrogen) atoms. The number of hydrogen-bond acceptors (Lipinski definition) is 7. The standard InChI is InChI=1S/C30H35N3O6S/c1-3-38-30(35)24-13-10-18-33(20-24)27-17-16-25(31-29(34)21-39-26-14-8-5-9-15-26)19-28(27)40(36,37)32-22(2)23-11-6-4-7-12-23/h4-9,11-12,14-17,19,22,24,32H,3,10,13,18,20-21H2,1-2H3,(H,31,34)/t22-,24-/m0/s1. The minimum Gasteiger partial charge on any atom is -0.484 e. The zero-order valence-electron chi connectivity index (χ0n) is 22.7. The van der Waals surface area contributed by atoms with Crippen molar-refractivity contribution in [2.24, 2.45) is 5.92 Å². The summed E-state index contributed by atoms with van der Waals surface area (Å²) >= 11 is 0. The number of rotatable bonds is 11. The van der Waals surface area contributed by atoms with Crippen molar-refractivity contribution in [2.45, 2.75) is 37.6 Å². The van der Waals surface area contributed by atoms with Gasteiger partial charge in [0.25, 0.3) is 5.91 Å². The van der Waals surface area contributed by atoms with Crippen molar-refractivity contribution in [3.63, 3.8) is 0 Å². The maximum Gasteiger partial charge on any atom is 0.310 e. The highest BCUT2D eigenvalue weighted by atomic mass is 32.2. The fraction of sp³-hybridized carbons (Fsp3) is 0.333. The van der Waals surface area contributed by atoms with E-state index in [1.54, 1.807) is 50.2 Å². The number of ether oxygens (including phenoxy) is 2. The van der Waals surface area contributed by atoms with Gasteiger partial charge in [0.05, 0.1) is 18.2 Å². The number of nitrogens with one attached hydrogen (secondary N) is 2. The Morgan fingerprint density at radius 1 is 1.02 bits per heavy atom. The third kappa shape index (κ3) is 7.61. The highest BCUT2D eigenvalue weighted by Crippen LogP contribution is 2.33. The fourth-order valence-corrected chi connectivity index (χ4v) is 6.17. The van der Waals surface area contributed by atoms with Gasteiger partial charge in [-0.3, -0.25) is 9.59 Å². The molecule has 9 nitrogen and oxygen atoms in total. The highest BCUT2D eigenvalue weighted by Gasteiger charge is 2.31. The predicted octanol–water partition coefficient (Wildman–Crippen LogP) is 4.52. The highest BCUT2D eigenvalue weighted by molar-refractivity contribution is 7.89. The van der Waals surface area contributed by atoms with Crippen LogP contribution < -0.4 is 19.7 Å². The second kappa shape index (κ2) is 13.5. The molecule has 1 heterocycles. The molecular weight excluding hydrogens is 530 g/mol. The molecule has 10 heteroatoms. The Bertz CT molecular complexity index is 1400. The van der Waals surface area contributed by atoms with Gasteiger partial charge in [0, 0.05) is 24.8 Å². The van der Waals surface area contributed by atoms with E-state index in [4.69, 9.17) is 9.47 Å².